The van der Waals surface area contributed by atoms with E-state index in [-0.39, 0.29) is 23.4 Å². The maximum absolute atomic E-state index is 13.7. The van der Waals surface area contributed by atoms with Crippen molar-refractivity contribution in [3.63, 3.8) is 0 Å². The van der Waals surface area contributed by atoms with E-state index in [1.165, 1.54) is 29.5 Å². The topological polar surface area (TPSA) is 80.5 Å². The molecular weight excluding hydrogens is 493 g/mol. The molecule has 1 aliphatic carbocycles. The lowest BCUT2D eigenvalue weighted by atomic mass is 10.1. The molecule has 2 aromatic carbocycles. The summed E-state index contributed by atoms with van der Waals surface area (Å²) in [6.45, 7) is 2.87. The number of benzene rings is 2. The molecule has 4 aromatic rings. The number of carbonyl (C=O) groups is 1. The van der Waals surface area contributed by atoms with Crippen molar-refractivity contribution in [1.29, 1.82) is 0 Å². The third-order valence-electron chi connectivity index (χ3n) is 6.59. The Balaban J connectivity index is 1.24. The highest BCUT2D eigenvalue weighted by Crippen LogP contribution is 2.50. The molecule has 1 saturated heterocycles. The molecular formula is C25H21F3N4O3S. The van der Waals surface area contributed by atoms with Crippen LogP contribution >= 0.6 is 11.3 Å². The zero-order chi connectivity index (χ0) is 25.0. The molecule has 1 amide bonds. The van der Waals surface area contributed by atoms with Gasteiger partial charge in [0.15, 0.2) is 5.58 Å². The summed E-state index contributed by atoms with van der Waals surface area (Å²) < 4.78 is 48.0. The number of piperidine rings is 1. The van der Waals surface area contributed by atoms with Gasteiger partial charge in [0, 0.05) is 13.1 Å². The molecule has 2 fully saturated rings. The number of likely N-dealkylation sites (tertiary alicyclic amines) is 1. The first-order valence-corrected chi connectivity index (χ1v) is 12.3. The SMILES string of the molecule is Cc1nc(C(=O)N2C[C@H]3C[C@H]3[C@H]2CNc2nc3ccccc3o2)c(-c2cccc(OC(F)(F)F)c2)s1. The molecule has 1 aliphatic heterocycles. The second-order valence-electron chi connectivity index (χ2n) is 9.04. The predicted octanol–water partition coefficient (Wildman–Crippen LogP) is 5.73. The number of oxazole rings is 1. The predicted molar refractivity (Wildman–Crippen MR) is 128 cm³/mol. The number of rotatable bonds is 6. The standard InChI is InChI=1S/C25H21F3N4O3S/c1-13-30-21(22(36-13)14-5-4-6-16(9-14)35-25(26,27)28)23(33)32-12-15-10-17(15)19(32)11-29-24-31-18-7-2-3-8-20(18)34-24/h2-9,15,17,19H,10-12H2,1H3,(H,29,31)/t15-,17-,19-/m1/s1. The summed E-state index contributed by atoms with van der Waals surface area (Å²) in [4.78, 5) is 25.0. The number of hydrogen-bond acceptors (Lipinski definition) is 7. The van der Waals surface area contributed by atoms with E-state index >= 15 is 0 Å². The molecule has 1 N–H and O–H groups in total. The molecule has 0 bridgehead atoms. The van der Waals surface area contributed by atoms with Crippen LogP contribution in [0.5, 0.6) is 5.75 Å². The van der Waals surface area contributed by atoms with Crippen LogP contribution in [0.1, 0.15) is 21.9 Å². The van der Waals surface area contributed by atoms with Gasteiger partial charge in [-0.05, 0) is 55.0 Å². The van der Waals surface area contributed by atoms with E-state index in [0.29, 0.717) is 52.0 Å². The Morgan fingerprint density at radius 3 is 2.86 bits per heavy atom. The number of anilines is 1. The van der Waals surface area contributed by atoms with E-state index < -0.39 is 6.36 Å². The highest BCUT2D eigenvalue weighted by atomic mass is 32.1. The highest BCUT2D eigenvalue weighted by molar-refractivity contribution is 7.15. The van der Waals surface area contributed by atoms with Gasteiger partial charge in [0.25, 0.3) is 11.9 Å². The molecule has 7 nitrogen and oxygen atoms in total. The van der Waals surface area contributed by atoms with Crippen molar-refractivity contribution in [3.8, 4) is 16.2 Å². The third kappa shape index (κ3) is 4.39. The molecule has 3 heterocycles. The van der Waals surface area contributed by atoms with Crippen molar-refractivity contribution >= 4 is 34.4 Å². The van der Waals surface area contributed by atoms with Gasteiger partial charge in [-0.2, -0.15) is 4.98 Å². The van der Waals surface area contributed by atoms with Crippen LogP contribution in [0.25, 0.3) is 21.5 Å². The number of carbonyl (C=O) groups excluding carboxylic acids is 1. The van der Waals surface area contributed by atoms with Gasteiger partial charge >= 0.3 is 6.36 Å². The van der Waals surface area contributed by atoms with E-state index in [2.05, 4.69) is 20.0 Å². The van der Waals surface area contributed by atoms with Gasteiger partial charge in [-0.15, -0.1) is 24.5 Å². The molecule has 2 aromatic heterocycles. The number of alkyl halides is 3. The number of hydrogen-bond donors (Lipinski definition) is 1. The Bertz CT molecular complexity index is 1420. The molecule has 186 valence electrons. The van der Waals surface area contributed by atoms with Gasteiger partial charge in [0.2, 0.25) is 0 Å². The summed E-state index contributed by atoms with van der Waals surface area (Å²) >= 11 is 1.27. The second-order valence-corrected chi connectivity index (χ2v) is 10.2. The summed E-state index contributed by atoms with van der Waals surface area (Å²) in [7, 11) is 0. The van der Waals surface area contributed by atoms with E-state index in [4.69, 9.17) is 4.42 Å². The fourth-order valence-corrected chi connectivity index (χ4v) is 5.85. The van der Waals surface area contributed by atoms with Crippen LogP contribution in [-0.2, 0) is 0 Å². The molecule has 6 rings (SSSR count). The Morgan fingerprint density at radius 1 is 1.22 bits per heavy atom. The number of thiazole rings is 1. The van der Waals surface area contributed by atoms with Crippen LogP contribution in [0.15, 0.2) is 52.9 Å². The number of aryl methyl sites for hydroxylation is 1. The van der Waals surface area contributed by atoms with Crippen LogP contribution in [0, 0.1) is 18.8 Å². The van der Waals surface area contributed by atoms with Gasteiger partial charge in [0.1, 0.15) is 17.0 Å². The number of nitrogens with zero attached hydrogens (tertiary/aromatic N) is 3. The van der Waals surface area contributed by atoms with Crippen molar-refractivity contribution < 1.29 is 27.1 Å². The molecule has 11 heteroatoms. The summed E-state index contributed by atoms with van der Waals surface area (Å²) in [6.07, 6.45) is -3.74. The Hall–Kier alpha value is -3.60. The molecule has 2 aliphatic rings. The lowest BCUT2D eigenvalue weighted by Crippen LogP contribution is -2.42. The molecule has 0 radical (unpaired) electrons. The lowest BCUT2D eigenvalue weighted by molar-refractivity contribution is -0.274. The quantitative estimate of drug-likeness (QED) is 0.354. The number of nitrogens with one attached hydrogen (secondary N) is 1. The summed E-state index contributed by atoms with van der Waals surface area (Å²) in [5, 5.41) is 3.89. The van der Waals surface area contributed by atoms with Crippen molar-refractivity contribution in [2.75, 3.05) is 18.4 Å². The normalized spacial score (nSPS) is 21.0. The minimum atomic E-state index is -4.80. The van der Waals surface area contributed by atoms with Crippen LogP contribution < -0.4 is 10.1 Å². The van der Waals surface area contributed by atoms with Gasteiger partial charge in [0.05, 0.1) is 15.9 Å². The minimum absolute atomic E-state index is 0.0627. The maximum Gasteiger partial charge on any atom is 0.573 e. The number of amides is 1. The van der Waals surface area contributed by atoms with E-state index in [0.717, 1.165) is 11.9 Å². The van der Waals surface area contributed by atoms with Crippen molar-refractivity contribution in [3.05, 3.63) is 59.2 Å². The Kier molecular flexibility index (Phi) is 5.40. The molecule has 3 atom stereocenters. The monoisotopic (exact) mass is 514 g/mol. The largest absolute Gasteiger partial charge is 0.573 e. The summed E-state index contributed by atoms with van der Waals surface area (Å²) in [5.74, 6) is 0.258. The molecule has 0 spiro atoms. The summed E-state index contributed by atoms with van der Waals surface area (Å²) in [6, 6.07) is 13.5. The zero-order valence-corrected chi connectivity index (χ0v) is 19.9. The second kappa shape index (κ2) is 8.51. The van der Waals surface area contributed by atoms with Crippen molar-refractivity contribution in [2.45, 2.75) is 25.7 Å². The number of para-hydroxylation sites is 2. The number of fused-ring (bicyclic) bond motifs is 2. The highest BCUT2D eigenvalue weighted by Gasteiger charge is 2.54. The van der Waals surface area contributed by atoms with Crippen LogP contribution in [0.3, 0.4) is 0 Å². The Labute approximate surface area is 207 Å². The zero-order valence-electron chi connectivity index (χ0n) is 19.1. The van der Waals surface area contributed by atoms with Crippen LogP contribution in [-0.4, -0.2) is 46.3 Å². The average molecular weight is 515 g/mol. The molecule has 36 heavy (non-hydrogen) atoms. The van der Waals surface area contributed by atoms with Gasteiger partial charge in [-0.1, -0.05) is 24.3 Å². The number of aromatic nitrogens is 2. The average Bonchev–Trinajstić information content (AvgIpc) is 3.16. The number of ether oxygens (including phenoxy) is 1. The van der Waals surface area contributed by atoms with Crippen LogP contribution in [0.2, 0.25) is 0 Å². The van der Waals surface area contributed by atoms with Gasteiger partial charge < -0.3 is 19.4 Å². The van der Waals surface area contributed by atoms with Crippen molar-refractivity contribution in [2.24, 2.45) is 11.8 Å². The van der Waals surface area contributed by atoms with E-state index in [9.17, 15) is 18.0 Å². The smallest absolute Gasteiger partial charge is 0.424 e. The Morgan fingerprint density at radius 2 is 2.06 bits per heavy atom. The van der Waals surface area contributed by atoms with E-state index in [1.807, 2.05) is 29.2 Å². The van der Waals surface area contributed by atoms with Crippen LogP contribution in [0.4, 0.5) is 19.2 Å². The first-order chi connectivity index (χ1) is 17.2. The fraction of sp³-hybridized carbons (Fsp3) is 0.320. The molecule has 1 saturated carbocycles. The fourth-order valence-electron chi connectivity index (χ4n) is 4.94. The van der Waals surface area contributed by atoms with Gasteiger partial charge in [-0.25, -0.2) is 4.98 Å². The molecule has 0 unspecified atom stereocenters. The first-order valence-electron chi connectivity index (χ1n) is 11.5. The lowest BCUT2D eigenvalue weighted by Gasteiger charge is -2.27. The maximum atomic E-state index is 13.7. The summed E-state index contributed by atoms with van der Waals surface area (Å²) in [5.41, 5.74) is 2.14. The van der Waals surface area contributed by atoms with Gasteiger partial charge in [-0.3, -0.25) is 4.79 Å². The van der Waals surface area contributed by atoms with E-state index in [1.54, 1.807) is 13.0 Å². The third-order valence-corrected chi connectivity index (χ3v) is 7.61. The first kappa shape index (κ1) is 22.8. The minimum Gasteiger partial charge on any atom is -0.424 e. The number of halogens is 3. The van der Waals surface area contributed by atoms with Crippen molar-refractivity contribution in [1.82, 2.24) is 14.9 Å².